The molecule has 1 fully saturated rings. The molecule has 0 spiro atoms. The zero-order valence-electron chi connectivity index (χ0n) is 19.5. The summed E-state index contributed by atoms with van der Waals surface area (Å²) < 4.78 is 5.49. The van der Waals surface area contributed by atoms with E-state index < -0.39 is 17.7 Å². The smallest absolute Gasteiger partial charge is 0.295 e. The molecule has 1 saturated heterocycles. The maximum absolute atomic E-state index is 13.2. The SMILES string of the molecule is CCCCCN1C(=O)C(=O)/C(=C(/O)c2cc(C(C)(C)C)ccc2OC)C1c1cccnc1. The lowest BCUT2D eigenvalue weighted by Gasteiger charge is -2.25. The van der Waals surface area contributed by atoms with Gasteiger partial charge in [0.15, 0.2) is 0 Å². The number of pyridine rings is 1. The number of ketones is 1. The molecule has 2 heterocycles. The standard InChI is InChI=1S/C26H32N2O4/c1-6-7-8-14-28-22(17-10-9-13-27-16-17)21(24(30)25(28)31)23(29)19-15-18(26(2,3)4)11-12-20(19)32-5/h9-13,15-16,22,29H,6-8,14H2,1-5H3/b23-21+. The van der Waals surface area contributed by atoms with Crippen molar-refractivity contribution in [3.63, 3.8) is 0 Å². The summed E-state index contributed by atoms with van der Waals surface area (Å²) in [5, 5.41) is 11.4. The van der Waals surface area contributed by atoms with E-state index in [2.05, 4.69) is 32.7 Å². The van der Waals surface area contributed by atoms with Crippen molar-refractivity contribution in [2.75, 3.05) is 13.7 Å². The Balaban J connectivity index is 2.20. The number of likely N-dealkylation sites (tertiary alicyclic amines) is 1. The molecule has 6 nitrogen and oxygen atoms in total. The fourth-order valence-electron chi connectivity index (χ4n) is 4.03. The first-order valence-corrected chi connectivity index (χ1v) is 11.1. The van der Waals surface area contributed by atoms with Crippen LogP contribution in [-0.4, -0.2) is 40.3 Å². The number of benzene rings is 1. The number of amides is 1. The number of carbonyl (C=O) groups is 2. The monoisotopic (exact) mass is 436 g/mol. The normalized spacial score (nSPS) is 18.3. The zero-order valence-corrected chi connectivity index (χ0v) is 19.5. The van der Waals surface area contributed by atoms with Crippen LogP contribution in [0.1, 0.15) is 69.7 Å². The molecule has 0 aliphatic carbocycles. The average molecular weight is 437 g/mol. The highest BCUT2D eigenvalue weighted by atomic mass is 16.5. The number of rotatable bonds is 7. The number of nitrogens with zero attached hydrogens (tertiary/aromatic N) is 2. The molecule has 2 aromatic rings. The Morgan fingerprint density at radius 3 is 2.53 bits per heavy atom. The zero-order chi connectivity index (χ0) is 23.5. The molecule has 1 unspecified atom stereocenters. The summed E-state index contributed by atoms with van der Waals surface area (Å²) in [5.74, 6) is -1.06. The van der Waals surface area contributed by atoms with Gasteiger partial charge in [-0.1, -0.05) is 52.7 Å². The van der Waals surface area contributed by atoms with Gasteiger partial charge in [0.25, 0.3) is 11.7 Å². The van der Waals surface area contributed by atoms with Crippen molar-refractivity contribution in [2.45, 2.75) is 58.4 Å². The summed E-state index contributed by atoms with van der Waals surface area (Å²) in [6.45, 7) is 8.73. The first kappa shape index (κ1) is 23.5. The second-order valence-electron chi connectivity index (χ2n) is 9.15. The maximum atomic E-state index is 13.2. The molecule has 1 aromatic heterocycles. The molecule has 0 bridgehead atoms. The van der Waals surface area contributed by atoms with Crippen molar-refractivity contribution in [3.8, 4) is 5.75 Å². The molecule has 1 aromatic carbocycles. The topological polar surface area (TPSA) is 79.7 Å². The lowest BCUT2D eigenvalue weighted by atomic mass is 9.85. The maximum Gasteiger partial charge on any atom is 0.295 e. The molecule has 6 heteroatoms. The quantitative estimate of drug-likeness (QED) is 0.286. The fraction of sp³-hybridized carbons (Fsp3) is 0.423. The van der Waals surface area contributed by atoms with E-state index in [1.165, 1.54) is 7.11 Å². The molecule has 0 saturated carbocycles. The van der Waals surface area contributed by atoms with Crippen LogP contribution >= 0.6 is 0 Å². The van der Waals surface area contributed by atoms with E-state index in [4.69, 9.17) is 4.74 Å². The number of carbonyl (C=O) groups excluding carboxylic acids is 2. The molecule has 1 amide bonds. The first-order valence-electron chi connectivity index (χ1n) is 11.1. The van der Waals surface area contributed by atoms with Crippen LogP contribution in [0.15, 0.2) is 48.3 Å². The third kappa shape index (κ3) is 4.54. The summed E-state index contributed by atoms with van der Waals surface area (Å²) in [6, 6.07) is 8.46. The van der Waals surface area contributed by atoms with Crippen LogP contribution in [0, 0.1) is 0 Å². The third-order valence-electron chi connectivity index (χ3n) is 5.86. The Morgan fingerprint density at radius 1 is 1.19 bits per heavy atom. The van der Waals surface area contributed by atoms with Crippen LogP contribution in [0.25, 0.3) is 5.76 Å². The highest BCUT2D eigenvalue weighted by molar-refractivity contribution is 6.46. The van der Waals surface area contributed by atoms with Crippen molar-refractivity contribution in [2.24, 2.45) is 0 Å². The molecule has 1 N–H and O–H groups in total. The average Bonchev–Trinajstić information content (AvgIpc) is 3.03. The Hall–Kier alpha value is -3.15. The molecule has 0 radical (unpaired) electrons. The predicted molar refractivity (Wildman–Crippen MR) is 124 cm³/mol. The van der Waals surface area contributed by atoms with Crippen molar-refractivity contribution in [1.29, 1.82) is 0 Å². The number of aliphatic hydroxyl groups is 1. The summed E-state index contributed by atoms with van der Waals surface area (Å²) in [5.41, 5.74) is 1.98. The minimum Gasteiger partial charge on any atom is -0.507 e. The largest absolute Gasteiger partial charge is 0.507 e. The van der Waals surface area contributed by atoms with Crippen molar-refractivity contribution < 1.29 is 19.4 Å². The van der Waals surface area contributed by atoms with Gasteiger partial charge >= 0.3 is 0 Å². The summed E-state index contributed by atoms with van der Waals surface area (Å²) in [4.78, 5) is 31.9. The molecular formula is C26H32N2O4. The molecule has 170 valence electrons. The lowest BCUT2D eigenvalue weighted by molar-refractivity contribution is -0.139. The van der Waals surface area contributed by atoms with Crippen LogP contribution in [-0.2, 0) is 15.0 Å². The van der Waals surface area contributed by atoms with Crippen LogP contribution < -0.4 is 4.74 Å². The van der Waals surface area contributed by atoms with Crippen LogP contribution in [0.4, 0.5) is 0 Å². The molecule has 1 aliphatic rings. The van der Waals surface area contributed by atoms with Crippen LogP contribution in [0.3, 0.4) is 0 Å². The first-order chi connectivity index (χ1) is 15.2. The highest BCUT2D eigenvalue weighted by Crippen LogP contribution is 2.41. The molecule has 1 aliphatic heterocycles. The number of aromatic nitrogens is 1. The number of aliphatic hydroxyl groups excluding tert-OH is 1. The Morgan fingerprint density at radius 2 is 1.94 bits per heavy atom. The van der Waals surface area contributed by atoms with E-state index in [0.29, 0.717) is 23.4 Å². The van der Waals surface area contributed by atoms with Crippen molar-refractivity contribution in [3.05, 3.63) is 65.0 Å². The van der Waals surface area contributed by atoms with E-state index in [0.717, 1.165) is 24.8 Å². The number of unbranched alkanes of at least 4 members (excludes halogenated alkanes) is 2. The Bertz CT molecular complexity index is 1020. The highest BCUT2D eigenvalue weighted by Gasteiger charge is 2.46. The van der Waals surface area contributed by atoms with E-state index in [1.54, 1.807) is 29.4 Å². The number of methoxy groups -OCH3 is 1. The van der Waals surface area contributed by atoms with Gasteiger partial charge in [-0.15, -0.1) is 0 Å². The van der Waals surface area contributed by atoms with Crippen molar-refractivity contribution >= 4 is 17.4 Å². The van der Waals surface area contributed by atoms with E-state index in [-0.39, 0.29) is 16.7 Å². The fourth-order valence-corrected chi connectivity index (χ4v) is 4.03. The summed E-state index contributed by atoms with van der Waals surface area (Å²) in [7, 11) is 1.52. The van der Waals surface area contributed by atoms with Gasteiger partial charge in [-0.05, 0) is 41.2 Å². The second-order valence-corrected chi connectivity index (χ2v) is 9.15. The van der Waals surface area contributed by atoms with Gasteiger partial charge in [-0.3, -0.25) is 14.6 Å². The van der Waals surface area contributed by atoms with Crippen LogP contribution in [0.2, 0.25) is 0 Å². The number of ether oxygens (including phenoxy) is 1. The minimum absolute atomic E-state index is 0.0730. The Kier molecular flexibility index (Phi) is 7.02. The third-order valence-corrected chi connectivity index (χ3v) is 5.86. The molecule has 32 heavy (non-hydrogen) atoms. The predicted octanol–water partition coefficient (Wildman–Crippen LogP) is 5.00. The Labute approximate surface area is 189 Å². The van der Waals surface area contributed by atoms with Gasteiger partial charge in [-0.25, -0.2) is 0 Å². The molecule has 1 atom stereocenters. The van der Waals surface area contributed by atoms with Gasteiger partial charge in [0.1, 0.15) is 11.5 Å². The number of hydrogen-bond acceptors (Lipinski definition) is 5. The van der Waals surface area contributed by atoms with E-state index in [9.17, 15) is 14.7 Å². The molecular weight excluding hydrogens is 404 g/mol. The van der Waals surface area contributed by atoms with Gasteiger partial charge in [0, 0.05) is 18.9 Å². The lowest BCUT2D eigenvalue weighted by Crippen LogP contribution is -2.30. The summed E-state index contributed by atoms with van der Waals surface area (Å²) in [6.07, 6.45) is 6.01. The minimum atomic E-state index is -0.691. The van der Waals surface area contributed by atoms with Gasteiger partial charge in [0.05, 0.1) is 24.3 Å². The van der Waals surface area contributed by atoms with E-state index >= 15 is 0 Å². The van der Waals surface area contributed by atoms with Gasteiger partial charge < -0.3 is 14.7 Å². The van der Waals surface area contributed by atoms with Crippen molar-refractivity contribution in [1.82, 2.24) is 9.88 Å². The summed E-state index contributed by atoms with van der Waals surface area (Å²) >= 11 is 0. The second kappa shape index (κ2) is 9.55. The number of Topliss-reactive ketones (excluding diaryl/α,β-unsaturated/α-hetero) is 1. The molecule has 3 rings (SSSR count). The van der Waals surface area contributed by atoms with Gasteiger partial charge in [0.2, 0.25) is 0 Å². The van der Waals surface area contributed by atoms with Crippen LogP contribution in [0.5, 0.6) is 5.75 Å². The van der Waals surface area contributed by atoms with Gasteiger partial charge in [-0.2, -0.15) is 0 Å². The van der Waals surface area contributed by atoms with E-state index in [1.807, 2.05) is 18.2 Å². The number of hydrogen-bond donors (Lipinski definition) is 1.